The third kappa shape index (κ3) is 4.89. The molecule has 4 heterocycles. The number of hydrogen-bond donors (Lipinski definition) is 1. The number of nitrogens with zero attached hydrogens (tertiary/aromatic N) is 3. The molecule has 3 aromatic rings. The molecule has 8 heteroatoms. The fourth-order valence-corrected chi connectivity index (χ4v) is 8.05. The van der Waals surface area contributed by atoms with Crippen molar-refractivity contribution < 1.29 is 19.1 Å². The van der Waals surface area contributed by atoms with Gasteiger partial charge in [-0.05, 0) is 99.0 Å². The van der Waals surface area contributed by atoms with Gasteiger partial charge in [0.1, 0.15) is 17.2 Å². The maximum Gasteiger partial charge on any atom is 0.345 e. The summed E-state index contributed by atoms with van der Waals surface area (Å²) in [4.78, 5) is 30.5. The Morgan fingerprint density at radius 3 is 2.26 bits per heavy atom. The number of carbonyl (C=O) groups excluding carboxylic acids is 1. The van der Waals surface area contributed by atoms with Gasteiger partial charge in [-0.25, -0.2) is 9.18 Å². The molecule has 1 saturated carbocycles. The number of halogens is 1. The van der Waals surface area contributed by atoms with E-state index in [1.54, 1.807) is 18.2 Å². The van der Waals surface area contributed by atoms with Gasteiger partial charge in [-0.1, -0.05) is 19.3 Å². The van der Waals surface area contributed by atoms with Crippen LogP contribution in [0.15, 0.2) is 30.3 Å². The first-order valence-electron chi connectivity index (χ1n) is 14.2. The first-order chi connectivity index (χ1) is 18.5. The standard InChI is InChI=1S/C30H36FN3O3S/c31-22-10-8-21(9-11-22)28-27(20-6-2-1-3-7-20)29-24(18-25(38-29)30(36)37)34(28)19-26(35)33-16-12-23(13-17-33)32-14-4-5-15-32/h8-11,18,20,23H,1-7,12-17,19H2,(H,36,37). The maximum atomic E-state index is 13.9. The van der Waals surface area contributed by atoms with E-state index in [9.17, 15) is 19.1 Å². The van der Waals surface area contributed by atoms with Crippen LogP contribution in [0.2, 0.25) is 0 Å². The highest BCUT2D eigenvalue weighted by molar-refractivity contribution is 7.21. The average molecular weight is 538 g/mol. The topological polar surface area (TPSA) is 65.8 Å². The van der Waals surface area contributed by atoms with Crippen LogP contribution in [0.5, 0.6) is 0 Å². The number of fused-ring (bicyclic) bond motifs is 1. The Morgan fingerprint density at radius 2 is 1.61 bits per heavy atom. The summed E-state index contributed by atoms with van der Waals surface area (Å²) in [5.41, 5.74) is 3.79. The van der Waals surface area contributed by atoms with Gasteiger partial charge in [-0.3, -0.25) is 4.79 Å². The van der Waals surface area contributed by atoms with Crippen molar-refractivity contribution in [2.24, 2.45) is 0 Å². The van der Waals surface area contributed by atoms with E-state index in [4.69, 9.17) is 0 Å². The number of rotatable bonds is 6. The highest BCUT2D eigenvalue weighted by atomic mass is 32.1. The summed E-state index contributed by atoms with van der Waals surface area (Å²) in [5.74, 6) is -0.855. The van der Waals surface area contributed by atoms with Crippen LogP contribution in [0.4, 0.5) is 4.39 Å². The van der Waals surface area contributed by atoms with Gasteiger partial charge in [0, 0.05) is 19.1 Å². The van der Waals surface area contributed by atoms with Gasteiger partial charge in [0.05, 0.1) is 15.9 Å². The van der Waals surface area contributed by atoms with E-state index >= 15 is 0 Å². The van der Waals surface area contributed by atoms with Crippen molar-refractivity contribution in [2.75, 3.05) is 26.2 Å². The van der Waals surface area contributed by atoms with Crippen LogP contribution in [0.25, 0.3) is 21.5 Å². The van der Waals surface area contributed by atoms with Gasteiger partial charge in [0.15, 0.2) is 0 Å². The van der Waals surface area contributed by atoms with Crippen LogP contribution in [0.1, 0.15) is 78.9 Å². The molecule has 1 N–H and O–H groups in total. The van der Waals surface area contributed by atoms with Crippen LogP contribution >= 0.6 is 11.3 Å². The molecule has 0 atom stereocenters. The minimum atomic E-state index is -0.939. The third-order valence-electron chi connectivity index (χ3n) is 8.88. The van der Waals surface area contributed by atoms with E-state index in [0.29, 0.717) is 16.8 Å². The molecule has 3 fully saturated rings. The molecule has 3 aliphatic rings. The first kappa shape index (κ1) is 25.6. The molecular weight excluding hydrogens is 501 g/mol. The number of amides is 1. The molecule has 0 spiro atoms. The van der Waals surface area contributed by atoms with Gasteiger partial charge in [0.25, 0.3) is 0 Å². The monoisotopic (exact) mass is 537 g/mol. The van der Waals surface area contributed by atoms with Crippen molar-refractivity contribution in [3.05, 3.63) is 46.6 Å². The second-order valence-electron chi connectivity index (χ2n) is 11.2. The number of aromatic nitrogens is 1. The lowest BCUT2D eigenvalue weighted by Crippen LogP contribution is -2.46. The molecule has 0 bridgehead atoms. The predicted octanol–water partition coefficient (Wildman–Crippen LogP) is 6.34. The molecule has 6 rings (SSSR count). The summed E-state index contributed by atoms with van der Waals surface area (Å²) in [6, 6.07) is 8.83. The average Bonchev–Trinajstić information content (AvgIpc) is 3.68. The van der Waals surface area contributed by atoms with E-state index < -0.39 is 5.97 Å². The van der Waals surface area contributed by atoms with E-state index in [1.165, 1.54) is 55.8 Å². The van der Waals surface area contributed by atoms with Crippen LogP contribution < -0.4 is 0 Å². The van der Waals surface area contributed by atoms with Crippen molar-refractivity contribution in [3.8, 4) is 11.3 Å². The molecule has 202 valence electrons. The molecule has 38 heavy (non-hydrogen) atoms. The SMILES string of the molecule is O=C(O)c1cc2c(s1)c(C1CCCCC1)c(-c1ccc(F)cc1)n2CC(=O)N1CCC(N2CCCC2)CC1. The summed E-state index contributed by atoms with van der Waals surface area (Å²) in [6.07, 6.45) is 10.2. The number of benzene rings is 1. The van der Waals surface area contributed by atoms with Gasteiger partial charge in [0.2, 0.25) is 5.91 Å². The Hall–Kier alpha value is -2.71. The van der Waals surface area contributed by atoms with Gasteiger partial charge >= 0.3 is 5.97 Å². The summed E-state index contributed by atoms with van der Waals surface area (Å²) in [7, 11) is 0. The lowest BCUT2D eigenvalue weighted by Gasteiger charge is -2.36. The second kappa shape index (κ2) is 10.8. The number of carboxylic acids is 1. The maximum absolute atomic E-state index is 13.9. The van der Waals surface area contributed by atoms with E-state index in [1.807, 2.05) is 9.47 Å². The second-order valence-corrected chi connectivity index (χ2v) is 12.2. The Bertz CT molecular complexity index is 1310. The highest BCUT2D eigenvalue weighted by Crippen LogP contribution is 2.47. The summed E-state index contributed by atoms with van der Waals surface area (Å²) < 4.78 is 16.9. The lowest BCUT2D eigenvalue weighted by atomic mass is 9.83. The predicted molar refractivity (Wildman–Crippen MR) is 148 cm³/mol. The summed E-state index contributed by atoms with van der Waals surface area (Å²) in [5, 5.41) is 9.79. The fraction of sp³-hybridized carbons (Fsp3) is 0.533. The van der Waals surface area contributed by atoms with Gasteiger partial charge < -0.3 is 19.5 Å². The molecule has 1 aliphatic carbocycles. The summed E-state index contributed by atoms with van der Waals surface area (Å²) >= 11 is 1.31. The fourth-order valence-electron chi connectivity index (χ4n) is 6.93. The van der Waals surface area contributed by atoms with Crippen molar-refractivity contribution in [1.29, 1.82) is 0 Å². The molecule has 1 amide bonds. The largest absolute Gasteiger partial charge is 0.477 e. The number of carbonyl (C=O) groups is 2. The Kier molecular flexibility index (Phi) is 7.27. The van der Waals surface area contributed by atoms with E-state index in [2.05, 4.69) is 4.90 Å². The molecule has 2 aromatic heterocycles. The molecule has 0 unspecified atom stereocenters. The van der Waals surface area contributed by atoms with Crippen molar-refractivity contribution in [1.82, 2.24) is 14.4 Å². The number of carboxylic acid groups (broad SMARTS) is 1. The quantitative estimate of drug-likeness (QED) is 0.398. The van der Waals surface area contributed by atoms with Crippen molar-refractivity contribution in [2.45, 2.75) is 76.3 Å². The molecular formula is C30H36FN3O3S. The van der Waals surface area contributed by atoms with Gasteiger partial charge in [-0.15, -0.1) is 11.3 Å². The van der Waals surface area contributed by atoms with Crippen molar-refractivity contribution in [3.63, 3.8) is 0 Å². The highest BCUT2D eigenvalue weighted by Gasteiger charge is 2.32. The van der Waals surface area contributed by atoms with Crippen LogP contribution in [-0.2, 0) is 11.3 Å². The smallest absolute Gasteiger partial charge is 0.345 e. The van der Waals surface area contributed by atoms with Crippen LogP contribution in [0.3, 0.4) is 0 Å². The number of aromatic carboxylic acids is 1. The Morgan fingerprint density at radius 1 is 0.921 bits per heavy atom. The normalized spacial score (nSPS) is 20.0. The van der Waals surface area contributed by atoms with Crippen LogP contribution in [-0.4, -0.2) is 63.6 Å². The minimum Gasteiger partial charge on any atom is -0.477 e. The number of thiophene rings is 1. The third-order valence-corrected chi connectivity index (χ3v) is 10.0. The zero-order chi connectivity index (χ0) is 26.2. The molecule has 6 nitrogen and oxygen atoms in total. The number of hydrogen-bond acceptors (Lipinski definition) is 4. The minimum absolute atomic E-state index is 0.0726. The zero-order valence-electron chi connectivity index (χ0n) is 21.8. The zero-order valence-corrected chi connectivity index (χ0v) is 22.6. The van der Waals surface area contributed by atoms with Crippen LogP contribution in [0, 0.1) is 5.82 Å². The molecule has 0 radical (unpaired) electrons. The number of likely N-dealkylation sites (tertiary alicyclic amines) is 2. The molecule has 2 aliphatic heterocycles. The molecule has 1 aromatic carbocycles. The van der Waals surface area contributed by atoms with Gasteiger partial charge in [-0.2, -0.15) is 0 Å². The molecule has 2 saturated heterocycles. The lowest BCUT2D eigenvalue weighted by molar-refractivity contribution is -0.133. The Balaban J connectivity index is 1.37. The summed E-state index contributed by atoms with van der Waals surface area (Å²) in [6.45, 7) is 4.04. The van der Waals surface area contributed by atoms with E-state index in [-0.39, 0.29) is 18.3 Å². The van der Waals surface area contributed by atoms with E-state index in [0.717, 1.165) is 78.7 Å². The first-order valence-corrected chi connectivity index (χ1v) is 15.0. The van der Waals surface area contributed by atoms with Crippen molar-refractivity contribution >= 4 is 33.4 Å². The Labute approximate surface area is 227 Å². The number of piperidine rings is 1.